The largest absolute Gasteiger partial charge is 0.378 e. The van der Waals surface area contributed by atoms with Crippen molar-refractivity contribution in [3.63, 3.8) is 0 Å². The second-order valence-electron chi connectivity index (χ2n) is 6.80. The van der Waals surface area contributed by atoms with Gasteiger partial charge < -0.3 is 14.2 Å². The Bertz CT molecular complexity index is 374. The summed E-state index contributed by atoms with van der Waals surface area (Å²) in [5.74, 6) is 0.681. The first-order valence-corrected chi connectivity index (χ1v) is 7.35. The molecule has 19 heavy (non-hydrogen) atoms. The van der Waals surface area contributed by atoms with Gasteiger partial charge in [-0.1, -0.05) is 0 Å². The minimum Gasteiger partial charge on any atom is -0.378 e. The third-order valence-electron chi connectivity index (χ3n) is 5.90. The van der Waals surface area contributed by atoms with E-state index in [9.17, 15) is 0 Å². The van der Waals surface area contributed by atoms with Crippen LogP contribution in [-0.4, -0.2) is 87.2 Å². The molecular formula is C14H24N2O3. The topological polar surface area (TPSA) is 34.2 Å². The van der Waals surface area contributed by atoms with Gasteiger partial charge in [0.1, 0.15) is 0 Å². The summed E-state index contributed by atoms with van der Waals surface area (Å²) < 4.78 is 17.1. The maximum atomic E-state index is 5.90. The quantitative estimate of drug-likeness (QED) is 0.658. The van der Waals surface area contributed by atoms with Crippen LogP contribution in [0.4, 0.5) is 0 Å². The SMILES string of the molecule is CN1C(C2CC23COCCN3C)COCC12COC2. The molecule has 5 nitrogen and oxygen atoms in total. The minimum absolute atomic E-state index is 0.154. The van der Waals surface area contributed by atoms with E-state index in [-0.39, 0.29) is 11.1 Å². The number of hydrogen-bond acceptors (Lipinski definition) is 5. The Morgan fingerprint density at radius 1 is 1.00 bits per heavy atom. The summed E-state index contributed by atoms with van der Waals surface area (Å²) in [7, 11) is 4.50. The summed E-state index contributed by atoms with van der Waals surface area (Å²) in [5.41, 5.74) is 0.435. The number of likely N-dealkylation sites (N-methyl/N-ethyl adjacent to an activating group) is 2. The zero-order valence-corrected chi connectivity index (χ0v) is 11.9. The Morgan fingerprint density at radius 2 is 1.79 bits per heavy atom. The van der Waals surface area contributed by atoms with Gasteiger partial charge in [0.15, 0.2) is 0 Å². The predicted octanol–water partition coefficient (Wildman–Crippen LogP) is -0.193. The summed E-state index contributed by atoms with van der Waals surface area (Å²) in [6.07, 6.45) is 1.25. The summed E-state index contributed by atoms with van der Waals surface area (Å²) in [4.78, 5) is 5.05. The van der Waals surface area contributed by atoms with Crippen molar-refractivity contribution in [1.29, 1.82) is 0 Å². The average Bonchev–Trinajstić information content (AvgIpc) is 3.07. The lowest BCUT2D eigenvalue weighted by Crippen LogP contribution is -2.70. The van der Waals surface area contributed by atoms with E-state index in [1.165, 1.54) is 6.42 Å². The number of hydrogen-bond donors (Lipinski definition) is 0. The fourth-order valence-corrected chi connectivity index (χ4v) is 4.15. The maximum absolute atomic E-state index is 5.90. The molecule has 0 aromatic carbocycles. The van der Waals surface area contributed by atoms with Gasteiger partial charge >= 0.3 is 0 Å². The van der Waals surface area contributed by atoms with Crippen LogP contribution in [-0.2, 0) is 14.2 Å². The lowest BCUT2D eigenvalue weighted by molar-refractivity contribution is -0.212. The van der Waals surface area contributed by atoms with Gasteiger partial charge in [0.2, 0.25) is 0 Å². The Morgan fingerprint density at radius 3 is 2.47 bits per heavy atom. The van der Waals surface area contributed by atoms with E-state index in [0.29, 0.717) is 12.0 Å². The van der Waals surface area contributed by atoms with Crippen LogP contribution in [0.2, 0.25) is 0 Å². The molecule has 3 aliphatic heterocycles. The number of rotatable bonds is 1. The molecule has 0 radical (unpaired) electrons. The molecule has 4 rings (SSSR count). The zero-order valence-electron chi connectivity index (χ0n) is 11.9. The van der Waals surface area contributed by atoms with Gasteiger partial charge in [0, 0.05) is 18.1 Å². The van der Waals surface area contributed by atoms with Crippen LogP contribution in [0.1, 0.15) is 6.42 Å². The average molecular weight is 268 g/mol. The molecule has 3 saturated heterocycles. The molecule has 1 saturated carbocycles. The first kappa shape index (κ1) is 12.5. The molecule has 3 unspecified atom stereocenters. The van der Waals surface area contributed by atoms with Crippen LogP contribution in [0.15, 0.2) is 0 Å². The number of nitrogens with zero attached hydrogens (tertiary/aromatic N) is 2. The lowest BCUT2D eigenvalue weighted by Gasteiger charge is -2.54. The van der Waals surface area contributed by atoms with Crippen molar-refractivity contribution in [2.75, 3.05) is 60.3 Å². The van der Waals surface area contributed by atoms with Gasteiger partial charge in [-0.3, -0.25) is 9.80 Å². The van der Waals surface area contributed by atoms with E-state index in [4.69, 9.17) is 14.2 Å². The van der Waals surface area contributed by atoms with Gasteiger partial charge in [0.05, 0.1) is 45.2 Å². The van der Waals surface area contributed by atoms with Crippen LogP contribution in [0.5, 0.6) is 0 Å². The van der Waals surface area contributed by atoms with E-state index in [0.717, 1.165) is 46.2 Å². The van der Waals surface area contributed by atoms with E-state index in [2.05, 4.69) is 23.9 Å². The van der Waals surface area contributed by atoms with Crippen molar-refractivity contribution in [2.24, 2.45) is 5.92 Å². The highest BCUT2D eigenvalue weighted by Gasteiger charge is 2.64. The maximum Gasteiger partial charge on any atom is 0.0915 e. The van der Waals surface area contributed by atoms with Gasteiger partial charge in [-0.2, -0.15) is 0 Å². The molecule has 4 aliphatic rings. The monoisotopic (exact) mass is 268 g/mol. The molecule has 0 N–H and O–H groups in total. The van der Waals surface area contributed by atoms with Gasteiger partial charge in [0.25, 0.3) is 0 Å². The van der Waals surface area contributed by atoms with E-state index < -0.39 is 0 Å². The standard InChI is InChI=1S/C14H24N2O3/c1-15-3-4-17-10-14(15)5-11(14)12-6-18-7-13(16(12)2)8-19-9-13/h11-12H,3-10H2,1-2H3. The second-order valence-corrected chi connectivity index (χ2v) is 6.80. The van der Waals surface area contributed by atoms with Crippen LogP contribution >= 0.6 is 0 Å². The summed E-state index contributed by atoms with van der Waals surface area (Å²) in [6, 6.07) is 0.516. The molecule has 0 amide bonds. The fraction of sp³-hybridized carbons (Fsp3) is 1.00. The van der Waals surface area contributed by atoms with E-state index in [1.807, 2.05) is 0 Å². The minimum atomic E-state index is 0.154. The van der Waals surface area contributed by atoms with Crippen LogP contribution < -0.4 is 0 Å². The normalized spacial score (nSPS) is 46.4. The first-order valence-electron chi connectivity index (χ1n) is 7.35. The summed E-state index contributed by atoms with van der Waals surface area (Å²) in [6.45, 7) is 6.16. The van der Waals surface area contributed by atoms with E-state index >= 15 is 0 Å². The Hall–Kier alpha value is -0.200. The number of ether oxygens (including phenoxy) is 3. The zero-order chi connectivity index (χ0) is 13.1. The molecule has 5 heteroatoms. The van der Waals surface area contributed by atoms with Gasteiger partial charge in [-0.05, 0) is 26.4 Å². The molecule has 0 aromatic heterocycles. The van der Waals surface area contributed by atoms with Crippen molar-refractivity contribution in [2.45, 2.75) is 23.5 Å². The molecule has 0 bridgehead atoms. The third kappa shape index (κ3) is 1.66. The Balaban J connectivity index is 1.51. The second kappa shape index (κ2) is 4.15. The molecule has 3 atom stereocenters. The summed E-state index contributed by atoms with van der Waals surface area (Å²) in [5, 5.41) is 0. The molecule has 0 aromatic rings. The van der Waals surface area contributed by atoms with E-state index in [1.54, 1.807) is 0 Å². The van der Waals surface area contributed by atoms with Crippen LogP contribution in [0.3, 0.4) is 0 Å². The molecular weight excluding hydrogens is 244 g/mol. The van der Waals surface area contributed by atoms with Crippen molar-refractivity contribution in [3.05, 3.63) is 0 Å². The lowest BCUT2D eigenvalue weighted by atomic mass is 9.90. The fourth-order valence-electron chi connectivity index (χ4n) is 4.15. The molecule has 2 spiro atoms. The summed E-state index contributed by atoms with van der Waals surface area (Å²) >= 11 is 0. The molecule has 108 valence electrons. The first-order chi connectivity index (χ1) is 9.18. The molecule has 1 aliphatic carbocycles. The van der Waals surface area contributed by atoms with Gasteiger partial charge in [-0.25, -0.2) is 0 Å². The predicted molar refractivity (Wildman–Crippen MR) is 70.2 cm³/mol. The smallest absolute Gasteiger partial charge is 0.0915 e. The van der Waals surface area contributed by atoms with Crippen LogP contribution in [0, 0.1) is 5.92 Å². The highest BCUT2D eigenvalue weighted by atomic mass is 16.5. The third-order valence-corrected chi connectivity index (χ3v) is 5.90. The highest BCUT2D eigenvalue weighted by Crippen LogP contribution is 2.54. The van der Waals surface area contributed by atoms with Crippen molar-refractivity contribution >= 4 is 0 Å². The van der Waals surface area contributed by atoms with Gasteiger partial charge in [-0.15, -0.1) is 0 Å². The van der Waals surface area contributed by atoms with Crippen molar-refractivity contribution in [3.8, 4) is 0 Å². The van der Waals surface area contributed by atoms with Crippen LogP contribution in [0.25, 0.3) is 0 Å². The Kier molecular flexibility index (Phi) is 2.74. The highest BCUT2D eigenvalue weighted by molar-refractivity contribution is 5.18. The Labute approximate surface area is 114 Å². The van der Waals surface area contributed by atoms with Crippen molar-refractivity contribution < 1.29 is 14.2 Å². The molecule has 4 fully saturated rings. The van der Waals surface area contributed by atoms with Crippen molar-refractivity contribution in [1.82, 2.24) is 9.80 Å². The molecule has 3 heterocycles. The number of morpholine rings is 2.